The summed E-state index contributed by atoms with van der Waals surface area (Å²) in [6.07, 6.45) is 68.3. The molecule has 2 unspecified atom stereocenters. The summed E-state index contributed by atoms with van der Waals surface area (Å²) in [5, 5.41) is 10.6. The number of ether oxygens (including phenoxy) is 4. The van der Waals surface area contributed by atoms with E-state index in [9.17, 15) is 43.2 Å². The van der Waals surface area contributed by atoms with Crippen LogP contribution >= 0.6 is 15.6 Å². The molecular formula is C79H148O17P2. The van der Waals surface area contributed by atoms with Crippen LogP contribution in [0.1, 0.15) is 387 Å². The molecule has 0 aromatic carbocycles. The van der Waals surface area contributed by atoms with Gasteiger partial charge in [-0.2, -0.15) is 0 Å². The third kappa shape index (κ3) is 71.7. The van der Waals surface area contributed by atoms with Gasteiger partial charge in [-0.3, -0.25) is 37.3 Å². The fourth-order valence-corrected chi connectivity index (χ4v) is 13.0. The van der Waals surface area contributed by atoms with Crippen LogP contribution in [0, 0.1) is 0 Å². The summed E-state index contributed by atoms with van der Waals surface area (Å²) >= 11 is 0. The number of phosphoric ester groups is 2. The summed E-state index contributed by atoms with van der Waals surface area (Å²) in [7, 11) is -9.94. The van der Waals surface area contributed by atoms with E-state index in [1.54, 1.807) is 0 Å². The number of esters is 4. The van der Waals surface area contributed by atoms with Crippen molar-refractivity contribution in [2.24, 2.45) is 0 Å². The lowest BCUT2D eigenvalue weighted by atomic mass is 10.0. The van der Waals surface area contributed by atoms with Gasteiger partial charge >= 0.3 is 39.5 Å². The summed E-state index contributed by atoms with van der Waals surface area (Å²) in [5.41, 5.74) is 0. The van der Waals surface area contributed by atoms with Crippen LogP contribution in [0.2, 0.25) is 0 Å². The molecule has 0 aliphatic heterocycles. The monoisotopic (exact) mass is 1430 g/mol. The Morgan fingerprint density at radius 3 is 0.704 bits per heavy atom. The van der Waals surface area contributed by atoms with Crippen molar-refractivity contribution < 1.29 is 80.2 Å². The van der Waals surface area contributed by atoms with Crippen molar-refractivity contribution in [3.05, 3.63) is 36.5 Å². The van der Waals surface area contributed by atoms with Gasteiger partial charge in [0, 0.05) is 25.7 Å². The highest BCUT2D eigenvalue weighted by Gasteiger charge is 2.30. The number of hydrogen-bond donors (Lipinski definition) is 3. The Balaban J connectivity index is 5.32. The second kappa shape index (κ2) is 72.6. The number of allylic oxidation sites excluding steroid dienone is 6. The normalized spacial score (nSPS) is 14.1. The summed E-state index contributed by atoms with van der Waals surface area (Å²) in [5.74, 6) is -2.16. The highest BCUT2D eigenvalue weighted by molar-refractivity contribution is 7.47. The molecule has 19 heteroatoms. The van der Waals surface area contributed by atoms with E-state index >= 15 is 0 Å². The molecule has 0 aromatic heterocycles. The van der Waals surface area contributed by atoms with E-state index in [0.29, 0.717) is 25.7 Å². The number of phosphoric acid groups is 2. The number of rotatable bonds is 77. The van der Waals surface area contributed by atoms with Gasteiger partial charge in [0.25, 0.3) is 0 Å². The molecule has 0 rings (SSSR count). The van der Waals surface area contributed by atoms with Crippen LogP contribution in [0.4, 0.5) is 0 Å². The van der Waals surface area contributed by atoms with E-state index in [1.807, 2.05) is 0 Å². The largest absolute Gasteiger partial charge is 0.472 e. The predicted octanol–water partition coefficient (Wildman–Crippen LogP) is 23.1. The van der Waals surface area contributed by atoms with Gasteiger partial charge in [0.15, 0.2) is 12.2 Å². The second-order valence-electron chi connectivity index (χ2n) is 27.4. The van der Waals surface area contributed by atoms with Crippen LogP contribution in [0.3, 0.4) is 0 Å². The van der Waals surface area contributed by atoms with E-state index in [1.165, 1.54) is 173 Å². The Bertz CT molecular complexity index is 2000. The van der Waals surface area contributed by atoms with Crippen LogP contribution in [0.25, 0.3) is 0 Å². The van der Waals surface area contributed by atoms with E-state index in [-0.39, 0.29) is 25.7 Å². The minimum atomic E-state index is -4.97. The van der Waals surface area contributed by atoms with Crippen molar-refractivity contribution in [2.45, 2.75) is 406 Å². The van der Waals surface area contributed by atoms with Gasteiger partial charge in [-0.15, -0.1) is 0 Å². The number of carbonyl (C=O) groups excluding carboxylic acids is 4. The van der Waals surface area contributed by atoms with Gasteiger partial charge in [-0.05, 0) is 103 Å². The zero-order valence-electron chi connectivity index (χ0n) is 63.0. The van der Waals surface area contributed by atoms with Crippen LogP contribution in [-0.4, -0.2) is 96.7 Å². The van der Waals surface area contributed by atoms with Crippen molar-refractivity contribution in [3.8, 4) is 0 Å². The molecule has 0 aliphatic rings. The van der Waals surface area contributed by atoms with Gasteiger partial charge in [0.05, 0.1) is 26.4 Å². The number of aliphatic hydroxyl groups is 1. The van der Waals surface area contributed by atoms with E-state index in [2.05, 4.69) is 64.2 Å². The van der Waals surface area contributed by atoms with Gasteiger partial charge < -0.3 is 33.8 Å². The number of hydrogen-bond acceptors (Lipinski definition) is 15. The molecule has 0 aromatic rings. The highest BCUT2D eigenvalue weighted by atomic mass is 31.2. The Labute approximate surface area is 598 Å². The molecule has 17 nitrogen and oxygen atoms in total. The Hall–Kier alpha value is -2.72. The van der Waals surface area contributed by atoms with Crippen LogP contribution in [0.5, 0.6) is 0 Å². The molecule has 0 bridgehead atoms. The molecule has 0 amide bonds. The van der Waals surface area contributed by atoms with E-state index in [4.69, 9.17) is 37.0 Å². The first-order valence-corrected chi connectivity index (χ1v) is 43.2. The van der Waals surface area contributed by atoms with Gasteiger partial charge in [-0.1, -0.05) is 295 Å². The first-order chi connectivity index (χ1) is 47.7. The lowest BCUT2D eigenvalue weighted by Crippen LogP contribution is -2.30. The average molecular weight is 1430 g/mol. The number of unbranched alkanes of at least 4 members (excludes halogenated alkanes) is 45. The summed E-state index contributed by atoms with van der Waals surface area (Å²) in [6, 6.07) is 0. The number of carbonyl (C=O) groups is 4. The average Bonchev–Trinajstić information content (AvgIpc) is 1.04. The van der Waals surface area contributed by atoms with Crippen molar-refractivity contribution in [3.63, 3.8) is 0 Å². The molecule has 576 valence electrons. The van der Waals surface area contributed by atoms with Crippen LogP contribution in [-0.2, 0) is 65.4 Å². The molecule has 0 saturated carbocycles. The first kappa shape index (κ1) is 95.3. The lowest BCUT2D eigenvalue weighted by molar-refractivity contribution is -0.161. The van der Waals surface area contributed by atoms with E-state index in [0.717, 1.165) is 135 Å². The minimum absolute atomic E-state index is 0.0897. The Morgan fingerprint density at radius 1 is 0.276 bits per heavy atom. The standard InChI is InChI=1S/C79H148O17P2/c1-5-9-13-17-21-25-29-33-36-40-44-48-52-56-60-64-77(82)90-70-75(96-79(84)66-62-58-54-50-46-42-38-35-31-27-23-19-15-11-7-3)72-94-98(87,88)92-68-73(80)67-91-97(85,86)93-71-74(69-89-76(81)63-59-55-51-47-43-39-32-28-24-20-16-12-8-4)95-78(83)65-61-57-53-49-45-41-37-34-30-26-22-18-14-10-6-2/h33-38,73-75,80H,5-32,39-72H2,1-4H3,(H,85,86)(H,87,88)/b36-33-,37-34-,38-35-/t73-,74+,75+/m0/s1. The van der Waals surface area contributed by atoms with Crippen LogP contribution < -0.4 is 0 Å². The maximum atomic E-state index is 13.1. The molecular weight excluding hydrogens is 1280 g/mol. The molecule has 98 heavy (non-hydrogen) atoms. The van der Waals surface area contributed by atoms with Gasteiger partial charge in [0.2, 0.25) is 0 Å². The molecule has 0 radical (unpaired) electrons. The smallest absolute Gasteiger partial charge is 0.462 e. The third-order valence-corrected chi connectivity index (χ3v) is 19.5. The fourth-order valence-electron chi connectivity index (χ4n) is 11.4. The summed E-state index contributed by atoms with van der Waals surface area (Å²) in [4.78, 5) is 72.9. The topological polar surface area (TPSA) is 237 Å². The van der Waals surface area contributed by atoms with Crippen molar-refractivity contribution in [2.75, 3.05) is 39.6 Å². The molecule has 0 aliphatic carbocycles. The zero-order chi connectivity index (χ0) is 71.8. The Kier molecular flexibility index (Phi) is 70.6. The molecule has 0 heterocycles. The molecule has 3 N–H and O–H groups in total. The molecule has 0 saturated heterocycles. The zero-order valence-corrected chi connectivity index (χ0v) is 64.8. The predicted molar refractivity (Wildman–Crippen MR) is 400 cm³/mol. The summed E-state index contributed by atoms with van der Waals surface area (Å²) < 4.78 is 68.6. The van der Waals surface area contributed by atoms with Gasteiger partial charge in [0.1, 0.15) is 19.3 Å². The molecule has 5 atom stereocenters. The maximum Gasteiger partial charge on any atom is 0.472 e. The van der Waals surface area contributed by atoms with Crippen molar-refractivity contribution in [1.82, 2.24) is 0 Å². The highest BCUT2D eigenvalue weighted by Crippen LogP contribution is 2.45. The van der Waals surface area contributed by atoms with Crippen molar-refractivity contribution in [1.29, 1.82) is 0 Å². The van der Waals surface area contributed by atoms with E-state index < -0.39 is 97.5 Å². The maximum absolute atomic E-state index is 13.1. The van der Waals surface area contributed by atoms with Crippen molar-refractivity contribution >= 4 is 39.5 Å². The van der Waals surface area contributed by atoms with Gasteiger partial charge in [-0.25, -0.2) is 9.13 Å². The third-order valence-electron chi connectivity index (χ3n) is 17.6. The minimum Gasteiger partial charge on any atom is -0.462 e. The SMILES string of the molecule is CCCCCCCC/C=C\CCCCCCCC(=O)OC[C@H](COP(=O)(O)OC[C@@H](O)COP(=O)(O)OC[C@@H](COC(=O)CCCCCCCCCCCCCCC)OC(=O)CCCCCCC/C=C\CCCCCCCC)OC(=O)CCCCCCC/C=C\CCCCCCCC. The molecule has 0 spiro atoms. The first-order valence-electron chi connectivity index (χ1n) is 40.2. The fraction of sp³-hybridized carbons (Fsp3) is 0.873. The lowest BCUT2D eigenvalue weighted by Gasteiger charge is -2.21. The summed E-state index contributed by atoms with van der Waals surface area (Å²) in [6.45, 7) is 4.92. The molecule has 0 fully saturated rings. The van der Waals surface area contributed by atoms with Crippen LogP contribution in [0.15, 0.2) is 36.5 Å². The Morgan fingerprint density at radius 2 is 0.469 bits per heavy atom. The quantitative estimate of drug-likeness (QED) is 0.0169. The second-order valence-corrected chi connectivity index (χ2v) is 30.3. The number of aliphatic hydroxyl groups excluding tert-OH is 1.